The van der Waals surface area contributed by atoms with E-state index in [1.54, 1.807) is 11.3 Å². The Kier molecular flexibility index (Phi) is 6.05. The second-order valence-electron chi connectivity index (χ2n) is 11.4. The molecule has 0 aliphatic heterocycles. The van der Waals surface area contributed by atoms with Crippen molar-refractivity contribution in [1.29, 1.82) is 0 Å². The highest BCUT2D eigenvalue weighted by molar-refractivity contribution is 7.17. The van der Waals surface area contributed by atoms with E-state index in [1.807, 2.05) is 12.3 Å². The highest BCUT2D eigenvalue weighted by Gasteiger charge is 2.42. The third kappa shape index (κ3) is 4.25. The molecule has 3 heterocycles. The monoisotopic (exact) mass is 548 g/mol. The van der Waals surface area contributed by atoms with E-state index in [0.29, 0.717) is 17.8 Å². The normalized spacial score (nSPS) is 24.7. The van der Waals surface area contributed by atoms with Gasteiger partial charge in [0.15, 0.2) is 5.82 Å². The third-order valence-electron chi connectivity index (χ3n) is 9.14. The Hall–Kier alpha value is -2.75. The number of nitrogens with one attached hydrogen (secondary N) is 1. The lowest BCUT2D eigenvalue weighted by Gasteiger charge is -2.37. The van der Waals surface area contributed by atoms with Crippen LogP contribution < -0.4 is 11.1 Å². The molecule has 0 spiro atoms. The van der Waals surface area contributed by atoms with E-state index in [-0.39, 0.29) is 11.2 Å². The molecule has 2 bridgehead atoms. The fraction of sp³-hybridized carbons (Fsp3) is 0.500. The predicted molar refractivity (Wildman–Crippen MR) is 154 cm³/mol. The maximum Gasteiger partial charge on any atom is 0.248 e. The summed E-state index contributed by atoms with van der Waals surface area (Å²) in [7, 11) is 2.39. The van der Waals surface area contributed by atoms with Crippen molar-refractivity contribution < 1.29 is 0 Å². The summed E-state index contributed by atoms with van der Waals surface area (Å²) in [5, 5.41) is 10.2. The van der Waals surface area contributed by atoms with Crippen molar-refractivity contribution in [3.05, 3.63) is 45.6 Å². The van der Waals surface area contributed by atoms with Gasteiger partial charge in [0.2, 0.25) is 17.2 Å². The SMILES string of the molecule is Cc1csc2c(-n3nc(Nc4ccc5c(c4)CCC(N(C)C4CC6CCC4C6)CC5)nc3N)nc(Cl)nc12. The summed E-state index contributed by atoms with van der Waals surface area (Å²) in [6.45, 7) is 2.00. The molecule has 3 aromatic heterocycles. The Bertz CT molecular complexity index is 1510. The van der Waals surface area contributed by atoms with Crippen molar-refractivity contribution in [2.45, 2.75) is 70.4 Å². The average Bonchev–Trinajstić information content (AvgIpc) is 3.67. The third-order valence-corrected chi connectivity index (χ3v) is 10.4. The van der Waals surface area contributed by atoms with Gasteiger partial charge in [-0.2, -0.15) is 14.6 Å². The molecule has 3 aliphatic carbocycles. The molecule has 4 atom stereocenters. The minimum atomic E-state index is 0.161. The van der Waals surface area contributed by atoms with Crippen molar-refractivity contribution in [3.63, 3.8) is 0 Å². The van der Waals surface area contributed by atoms with Crippen molar-refractivity contribution >= 4 is 50.7 Å². The Balaban J connectivity index is 1.08. The van der Waals surface area contributed by atoms with Gasteiger partial charge in [0.1, 0.15) is 0 Å². The van der Waals surface area contributed by atoms with E-state index in [0.717, 1.165) is 52.2 Å². The maximum absolute atomic E-state index is 6.27. The van der Waals surface area contributed by atoms with E-state index in [2.05, 4.69) is 55.5 Å². The van der Waals surface area contributed by atoms with Gasteiger partial charge >= 0.3 is 0 Å². The summed E-state index contributed by atoms with van der Waals surface area (Å²) in [6, 6.07) is 8.11. The topological polar surface area (TPSA) is 97.8 Å². The highest BCUT2D eigenvalue weighted by atomic mass is 35.5. The Morgan fingerprint density at radius 3 is 2.71 bits per heavy atom. The highest BCUT2D eigenvalue weighted by Crippen LogP contribution is 2.47. The molecule has 0 amide bonds. The molecule has 3 N–H and O–H groups in total. The number of benzene rings is 1. The molecular formula is C28H33ClN8S. The zero-order chi connectivity index (χ0) is 26.0. The minimum Gasteiger partial charge on any atom is -0.368 e. The molecule has 0 radical (unpaired) electrons. The molecule has 10 heteroatoms. The molecule has 198 valence electrons. The summed E-state index contributed by atoms with van der Waals surface area (Å²) in [5.74, 6) is 3.15. The number of nitrogens with zero attached hydrogens (tertiary/aromatic N) is 6. The Morgan fingerprint density at radius 2 is 1.92 bits per heavy atom. The van der Waals surface area contributed by atoms with Crippen LogP contribution in [0.15, 0.2) is 23.6 Å². The van der Waals surface area contributed by atoms with Crippen molar-refractivity contribution in [1.82, 2.24) is 29.6 Å². The second-order valence-corrected chi connectivity index (χ2v) is 12.6. The lowest BCUT2D eigenvalue weighted by molar-refractivity contribution is 0.115. The molecule has 38 heavy (non-hydrogen) atoms. The average molecular weight is 549 g/mol. The fourth-order valence-corrected chi connectivity index (χ4v) is 8.28. The van der Waals surface area contributed by atoms with Gasteiger partial charge in [-0.05, 0) is 117 Å². The molecule has 7 rings (SSSR count). The molecule has 2 saturated carbocycles. The van der Waals surface area contributed by atoms with Gasteiger partial charge in [0.25, 0.3) is 0 Å². The molecule has 2 fully saturated rings. The summed E-state index contributed by atoms with van der Waals surface area (Å²) in [5.41, 5.74) is 12.0. The standard InChI is InChI=1S/C28H33ClN8S/c1-15-14-38-24-23(15)32-26(29)33-25(24)37-27(30)34-28(35-37)31-20-8-5-17-6-9-21(10-7-18(17)13-20)36(2)22-12-16-3-4-19(22)11-16/h5,8,13-14,16,19,21-22H,3-4,6-7,9-12H2,1-2H3,(H3,30,31,34,35). The predicted octanol–water partition coefficient (Wildman–Crippen LogP) is 5.93. The number of rotatable bonds is 5. The van der Waals surface area contributed by atoms with Gasteiger partial charge in [0, 0.05) is 17.8 Å². The van der Waals surface area contributed by atoms with Crippen molar-refractivity contribution in [2.24, 2.45) is 11.8 Å². The number of nitrogens with two attached hydrogens (primary N) is 1. The first-order valence-electron chi connectivity index (χ1n) is 13.7. The van der Waals surface area contributed by atoms with E-state index >= 15 is 0 Å². The smallest absolute Gasteiger partial charge is 0.248 e. The fourth-order valence-electron chi connectivity index (χ4n) is 7.15. The molecule has 4 aromatic rings. The zero-order valence-corrected chi connectivity index (χ0v) is 23.4. The maximum atomic E-state index is 6.27. The molecular weight excluding hydrogens is 516 g/mol. The Morgan fingerprint density at radius 1 is 1.08 bits per heavy atom. The van der Waals surface area contributed by atoms with Gasteiger partial charge in [-0.1, -0.05) is 12.5 Å². The first kappa shape index (κ1) is 24.3. The van der Waals surface area contributed by atoms with E-state index < -0.39 is 0 Å². The number of fused-ring (bicyclic) bond motifs is 4. The van der Waals surface area contributed by atoms with Gasteiger partial charge in [-0.15, -0.1) is 16.4 Å². The largest absolute Gasteiger partial charge is 0.368 e. The number of aromatic nitrogens is 5. The summed E-state index contributed by atoms with van der Waals surface area (Å²) in [6.07, 6.45) is 10.5. The number of aryl methyl sites for hydroxylation is 3. The van der Waals surface area contributed by atoms with Gasteiger partial charge in [-0.25, -0.2) is 4.98 Å². The van der Waals surface area contributed by atoms with Crippen LogP contribution in [-0.2, 0) is 12.8 Å². The number of thiophene rings is 1. The molecule has 4 unspecified atom stereocenters. The number of anilines is 3. The van der Waals surface area contributed by atoms with Crippen LogP contribution in [-0.4, -0.2) is 48.8 Å². The van der Waals surface area contributed by atoms with Crippen LogP contribution in [0.5, 0.6) is 0 Å². The number of halogens is 1. The van der Waals surface area contributed by atoms with Crippen LogP contribution in [0.2, 0.25) is 5.28 Å². The lowest BCUT2D eigenvalue weighted by Crippen LogP contribution is -2.43. The van der Waals surface area contributed by atoms with E-state index in [4.69, 9.17) is 17.3 Å². The van der Waals surface area contributed by atoms with Crippen LogP contribution in [0.1, 0.15) is 55.2 Å². The minimum absolute atomic E-state index is 0.161. The van der Waals surface area contributed by atoms with E-state index in [1.165, 1.54) is 54.3 Å². The molecule has 3 aliphatic rings. The van der Waals surface area contributed by atoms with Crippen LogP contribution in [0.3, 0.4) is 0 Å². The first-order chi connectivity index (χ1) is 18.4. The lowest BCUT2D eigenvalue weighted by atomic mass is 9.92. The van der Waals surface area contributed by atoms with Crippen molar-refractivity contribution in [3.8, 4) is 5.82 Å². The van der Waals surface area contributed by atoms with Gasteiger partial charge in [-0.3, -0.25) is 0 Å². The summed E-state index contributed by atoms with van der Waals surface area (Å²) >= 11 is 7.76. The zero-order valence-electron chi connectivity index (χ0n) is 21.8. The number of nitrogen functional groups attached to an aromatic ring is 1. The van der Waals surface area contributed by atoms with Gasteiger partial charge in [0.05, 0.1) is 10.2 Å². The van der Waals surface area contributed by atoms with Crippen LogP contribution >= 0.6 is 22.9 Å². The summed E-state index contributed by atoms with van der Waals surface area (Å²) < 4.78 is 2.42. The molecule has 1 aromatic carbocycles. The van der Waals surface area contributed by atoms with Gasteiger partial charge < -0.3 is 16.0 Å². The second kappa shape index (κ2) is 9.47. The van der Waals surface area contributed by atoms with Crippen LogP contribution in [0.4, 0.5) is 17.6 Å². The quantitative estimate of drug-likeness (QED) is 0.236. The van der Waals surface area contributed by atoms with Crippen LogP contribution in [0.25, 0.3) is 16.0 Å². The number of hydrogen-bond acceptors (Lipinski definition) is 8. The number of hydrogen-bond donors (Lipinski definition) is 2. The van der Waals surface area contributed by atoms with Crippen LogP contribution in [0, 0.1) is 18.8 Å². The molecule has 0 saturated heterocycles. The Labute approximate surface area is 231 Å². The first-order valence-corrected chi connectivity index (χ1v) is 14.9. The summed E-state index contributed by atoms with van der Waals surface area (Å²) in [4.78, 5) is 16.0. The van der Waals surface area contributed by atoms with Crippen molar-refractivity contribution in [2.75, 3.05) is 18.1 Å². The van der Waals surface area contributed by atoms with E-state index in [9.17, 15) is 0 Å². The molecule has 8 nitrogen and oxygen atoms in total.